The van der Waals surface area contributed by atoms with Crippen LogP contribution in [0, 0.1) is 12.8 Å². The Morgan fingerprint density at radius 3 is 2.89 bits per heavy atom. The van der Waals surface area contributed by atoms with Crippen LogP contribution in [0.15, 0.2) is 24.4 Å². The summed E-state index contributed by atoms with van der Waals surface area (Å²) in [5.74, 6) is 0.741. The molecular formula is C16H19ClN2. The molecule has 1 aromatic carbocycles. The van der Waals surface area contributed by atoms with E-state index in [9.17, 15) is 0 Å². The van der Waals surface area contributed by atoms with Crippen LogP contribution in [0.1, 0.15) is 24.0 Å². The van der Waals surface area contributed by atoms with Crippen LogP contribution in [-0.2, 0) is 6.42 Å². The maximum absolute atomic E-state index is 6.40. The summed E-state index contributed by atoms with van der Waals surface area (Å²) >= 11 is 6.40. The molecule has 0 aliphatic carbocycles. The number of pyridine rings is 1. The zero-order valence-corrected chi connectivity index (χ0v) is 12.0. The standard InChI is InChI=1S/C16H19ClN2/c1-11-3-2-4-13-14(15(17)10-19-16(11)13)9-12-5-7-18-8-6-12/h2-4,10,12,18H,5-9H2,1H3. The topological polar surface area (TPSA) is 24.9 Å². The molecule has 0 radical (unpaired) electrons. The second-order valence-corrected chi connectivity index (χ2v) is 5.86. The molecule has 1 N–H and O–H groups in total. The van der Waals surface area contributed by atoms with Crippen LogP contribution < -0.4 is 5.32 Å². The smallest absolute Gasteiger partial charge is 0.0735 e. The Hall–Kier alpha value is -1.12. The van der Waals surface area contributed by atoms with Gasteiger partial charge in [-0.3, -0.25) is 4.98 Å². The van der Waals surface area contributed by atoms with E-state index in [1.54, 1.807) is 0 Å². The van der Waals surface area contributed by atoms with Gasteiger partial charge < -0.3 is 5.32 Å². The lowest BCUT2D eigenvalue weighted by molar-refractivity contribution is 0.373. The highest BCUT2D eigenvalue weighted by molar-refractivity contribution is 6.32. The Morgan fingerprint density at radius 2 is 2.11 bits per heavy atom. The van der Waals surface area contributed by atoms with Crippen molar-refractivity contribution in [3.8, 4) is 0 Å². The third kappa shape index (κ3) is 2.60. The molecule has 100 valence electrons. The normalized spacial score (nSPS) is 16.9. The summed E-state index contributed by atoms with van der Waals surface area (Å²) in [6.45, 7) is 4.37. The second kappa shape index (κ2) is 5.48. The number of aryl methyl sites for hydroxylation is 1. The largest absolute Gasteiger partial charge is 0.317 e. The monoisotopic (exact) mass is 274 g/mol. The average molecular weight is 275 g/mol. The van der Waals surface area contributed by atoms with E-state index in [4.69, 9.17) is 11.6 Å². The van der Waals surface area contributed by atoms with Crippen molar-refractivity contribution in [2.24, 2.45) is 5.92 Å². The highest BCUT2D eigenvalue weighted by atomic mass is 35.5. The number of piperidine rings is 1. The van der Waals surface area contributed by atoms with Crippen LogP contribution in [0.5, 0.6) is 0 Å². The van der Waals surface area contributed by atoms with Crippen molar-refractivity contribution >= 4 is 22.5 Å². The van der Waals surface area contributed by atoms with Crippen molar-refractivity contribution in [3.05, 3.63) is 40.5 Å². The molecule has 1 saturated heterocycles. The quantitative estimate of drug-likeness (QED) is 0.902. The lowest BCUT2D eigenvalue weighted by Gasteiger charge is -2.23. The summed E-state index contributed by atoms with van der Waals surface area (Å²) in [6, 6.07) is 6.36. The minimum Gasteiger partial charge on any atom is -0.317 e. The minimum absolute atomic E-state index is 0.741. The number of nitrogens with zero attached hydrogens (tertiary/aromatic N) is 1. The first-order valence-corrected chi connectivity index (χ1v) is 7.37. The molecule has 2 nitrogen and oxygen atoms in total. The molecule has 2 aromatic rings. The van der Waals surface area contributed by atoms with E-state index in [1.807, 2.05) is 6.20 Å². The van der Waals surface area contributed by atoms with Crippen molar-refractivity contribution in [2.45, 2.75) is 26.2 Å². The predicted octanol–water partition coefficient (Wildman–Crippen LogP) is 3.74. The highest BCUT2D eigenvalue weighted by Gasteiger charge is 2.17. The number of nitrogens with one attached hydrogen (secondary N) is 1. The first-order chi connectivity index (χ1) is 9.25. The average Bonchev–Trinajstić information content (AvgIpc) is 2.43. The van der Waals surface area contributed by atoms with E-state index in [2.05, 4.69) is 35.4 Å². The van der Waals surface area contributed by atoms with E-state index < -0.39 is 0 Å². The summed E-state index contributed by atoms with van der Waals surface area (Å²) < 4.78 is 0. The first-order valence-electron chi connectivity index (χ1n) is 6.99. The summed E-state index contributed by atoms with van der Waals surface area (Å²) in [5.41, 5.74) is 3.60. The summed E-state index contributed by atoms with van der Waals surface area (Å²) in [6.07, 6.45) is 5.37. The Kier molecular flexibility index (Phi) is 3.72. The van der Waals surface area contributed by atoms with E-state index >= 15 is 0 Å². The molecule has 1 aliphatic heterocycles. The molecule has 0 saturated carbocycles. The van der Waals surface area contributed by atoms with E-state index in [0.29, 0.717) is 0 Å². The maximum Gasteiger partial charge on any atom is 0.0735 e. The highest BCUT2D eigenvalue weighted by Crippen LogP contribution is 2.30. The van der Waals surface area contributed by atoms with E-state index in [1.165, 1.54) is 29.4 Å². The second-order valence-electron chi connectivity index (χ2n) is 5.45. The van der Waals surface area contributed by atoms with Gasteiger partial charge in [-0.05, 0) is 56.3 Å². The van der Waals surface area contributed by atoms with Crippen LogP contribution in [0.25, 0.3) is 10.9 Å². The molecule has 2 heterocycles. The fourth-order valence-corrected chi connectivity index (χ4v) is 3.21. The SMILES string of the molecule is Cc1cccc2c(CC3CCNCC3)c(Cl)cnc12. The predicted molar refractivity (Wildman–Crippen MR) is 80.8 cm³/mol. The van der Waals surface area contributed by atoms with Gasteiger partial charge in [-0.1, -0.05) is 29.8 Å². The van der Waals surface area contributed by atoms with Crippen molar-refractivity contribution in [1.82, 2.24) is 10.3 Å². The van der Waals surface area contributed by atoms with Crippen molar-refractivity contribution < 1.29 is 0 Å². The molecule has 1 aromatic heterocycles. The molecule has 0 unspecified atom stereocenters. The number of benzene rings is 1. The zero-order chi connectivity index (χ0) is 13.2. The van der Waals surface area contributed by atoms with Crippen LogP contribution >= 0.6 is 11.6 Å². The Bertz CT molecular complexity index is 589. The third-order valence-corrected chi connectivity index (χ3v) is 4.44. The van der Waals surface area contributed by atoms with Crippen LogP contribution in [0.4, 0.5) is 0 Å². The molecule has 0 bridgehead atoms. The van der Waals surface area contributed by atoms with Gasteiger partial charge in [0.05, 0.1) is 10.5 Å². The Labute approximate surface area is 119 Å². The zero-order valence-electron chi connectivity index (χ0n) is 11.2. The third-order valence-electron chi connectivity index (χ3n) is 4.11. The van der Waals surface area contributed by atoms with Gasteiger partial charge >= 0.3 is 0 Å². The molecule has 3 heteroatoms. The van der Waals surface area contributed by atoms with Crippen molar-refractivity contribution in [2.75, 3.05) is 13.1 Å². The molecule has 0 spiro atoms. The van der Waals surface area contributed by atoms with Gasteiger partial charge in [0.15, 0.2) is 0 Å². The maximum atomic E-state index is 6.40. The molecule has 3 rings (SSSR count). The van der Waals surface area contributed by atoms with Crippen LogP contribution in [0.2, 0.25) is 5.02 Å². The number of hydrogen-bond acceptors (Lipinski definition) is 2. The number of para-hydroxylation sites is 1. The number of fused-ring (bicyclic) bond motifs is 1. The van der Waals surface area contributed by atoms with Crippen LogP contribution in [-0.4, -0.2) is 18.1 Å². The molecular weight excluding hydrogens is 256 g/mol. The molecule has 0 amide bonds. The molecule has 19 heavy (non-hydrogen) atoms. The van der Waals surface area contributed by atoms with Crippen molar-refractivity contribution in [3.63, 3.8) is 0 Å². The fourth-order valence-electron chi connectivity index (χ4n) is 2.98. The number of rotatable bonds is 2. The molecule has 1 fully saturated rings. The van der Waals surface area contributed by atoms with Crippen LogP contribution in [0.3, 0.4) is 0 Å². The van der Waals surface area contributed by atoms with E-state index in [-0.39, 0.29) is 0 Å². The Balaban J connectivity index is 2.01. The molecule has 1 aliphatic rings. The first kappa shape index (κ1) is 12.9. The summed E-state index contributed by atoms with van der Waals surface area (Å²) in [4.78, 5) is 4.49. The number of hydrogen-bond donors (Lipinski definition) is 1. The lowest BCUT2D eigenvalue weighted by Crippen LogP contribution is -2.28. The number of halogens is 1. The number of aromatic nitrogens is 1. The Morgan fingerprint density at radius 1 is 1.32 bits per heavy atom. The van der Waals surface area contributed by atoms with Gasteiger partial charge in [-0.15, -0.1) is 0 Å². The van der Waals surface area contributed by atoms with Gasteiger partial charge in [0, 0.05) is 11.6 Å². The van der Waals surface area contributed by atoms with Gasteiger partial charge in [0.1, 0.15) is 0 Å². The summed E-state index contributed by atoms with van der Waals surface area (Å²) in [5, 5.41) is 5.46. The minimum atomic E-state index is 0.741. The fraction of sp³-hybridized carbons (Fsp3) is 0.438. The van der Waals surface area contributed by atoms with E-state index in [0.717, 1.165) is 36.0 Å². The van der Waals surface area contributed by atoms with Gasteiger partial charge in [0.25, 0.3) is 0 Å². The molecule has 0 atom stereocenters. The summed E-state index contributed by atoms with van der Waals surface area (Å²) in [7, 11) is 0. The lowest BCUT2D eigenvalue weighted by atomic mass is 9.89. The van der Waals surface area contributed by atoms with Gasteiger partial charge in [-0.2, -0.15) is 0 Å². The van der Waals surface area contributed by atoms with Gasteiger partial charge in [-0.25, -0.2) is 0 Å². The van der Waals surface area contributed by atoms with Crippen molar-refractivity contribution in [1.29, 1.82) is 0 Å². The van der Waals surface area contributed by atoms with Gasteiger partial charge in [0.2, 0.25) is 0 Å².